The summed E-state index contributed by atoms with van der Waals surface area (Å²) in [6.07, 6.45) is -4.44. The number of hydrogen-bond donors (Lipinski definition) is 2. The molecule has 11 heteroatoms. The molecule has 30 heavy (non-hydrogen) atoms. The van der Waals surface area contributed by atoms with Crippen molar-refractivity contribution in [1.29, 1.82) is 0 Å². The highest BCUT2D eigenvalue weighted by Crippen LogP contribution is 2.37. The van der Waals surface area contributed by atoms with Gasteiger partial charge in [0.15, 0.2) is 0 Å². The third-order valence-corrected chi connectivity index (χ3v) is 5.72. The zero-order chi connectivity index (χ0) is 21.9. The van der Waals surface area contributed by atoms with Gasteiger partial charge in [-0.15, -0.1) is 0 Å². The van der Waals surface area contributed by atoms with Crippen LogP contribution >= 0.6 is 23.4 Å². The number of anilines is 1. The molecule has 3 rings (SSSR count). The number of hydrogen-bond acceptors (Lipinski definition) is 4. The van der Waals surface area contributed by atoms with E-state index < -0.39 is 34.2 Å². The van der Waals surface area contributed by atoms with Gasteiger partial charge in [0.2, 0.25) is 11.6 Å². The zero-order valence-electron chi connectivity index (χ0n) is 15.5. The zero-order valence-corrected chi connectivity index (χ0v) is 17.1. The molecule has 2 aromatic carbocycles. The lowest BCUT2D eigenvalue weighted by Gasteiger charge is -2.16. The molecule has 6 nitrogen and oxygen atoms in total. The van der Waals surface area contributed by atoms with Crippen molar-refractivity contribution in [1.82, 2.24) is 5.27 Å². The van der Waals surface area contributed by atoms with Crippen molar-refractivity contribution in [3.8, 4) is 5.69 Å². The van der Waals surface area contributed by atoms with Gasteiger partial charge in [-0.25, -0.2) is 4.79 Å². The first-order valence-electron chi connectivity index (χ1n) is 8.74. The first-order valence-corrected chi connectivity index (χ1v) is 9.99. The van der Waals surface area contributed by atoms with Crippen molar-refractivity contribution < 1.29 is 27.2 Å². The van der Waals surface area contributed by atoms with Crippen LogP contribution in [0.1, 0.15) is 18.9 Å². The van der Waals surface area contributed by atoms with E-state index in [1.807, 2.05) is 0 Å². The Hall–Kier alpha value is -2.72. The Morgan fingerprint density at radius 2 is 1.97 bits per heavy atom. The number of aromatic amines is 1. The van der Waals surface area contributed by atoms with Crippen LogP contribution in [0.4, 0.5) is 18.9 Å². The fraction of sp³-hybridized carbons (Fsp3) is 0.211. The van der Waals surface area contributed by atoms with E-state index in [0.29, 0.717) is 5.69 Å². The quantitative estimate of drug-likeness (QED) is 0.423. The Labute approximate surface area is 178 Å². The van der Waals surface area contributed by atoms with Crippen LogP contribution in [0, 0.1) is 0 Å². The van der Waals surface area contributed by atoms with Crippen molar-refractivity contribution in [2.45, 2.75) is 29.8 Å². The van der Waals surface area contributed by atoms with Crippen LogP contribution in [-0.2, 0) is 11.0 Å². The molecule has 0 radical (unpaired) electrons. The van der Waals surface area contributed by atoms with Gasteiger partial charge >= 0.3 is 16.8 Å². The number of aromatic nitrogens is 2. The third-order valence-electron chi connectivity index (χ3n) is 4.08. The van der Waals surface area contributed by atoms with Gasteiger partial charge in [-0.05, 0) is 46.3 Å². The molecule has 1 atom stereocenters. The molecule has 0 aliphatic carbocycles. The predicted molar refractivity (Wildman–Crippen MR) is 106 cm³/mol. The molecule has 0 fully saturated rings. The highest BCUT2D eigenvalue weighted by atomic mass is 35.5. The summed E-state index contributed by atoms with van der Waals surface area (Å²) in [5.74, 6) is -0.685. The first-order chi connectivity index (χ1) is 14.2. The van der Waals surface area contributed by atoms with Gasteiger partial charge in [0.25, 0.3) is 0 Å². The summed E-state index contributed by atoms with van der Waals surface area (Å²) in [4.78, 5) is 24.8. The molecule has 3 aromatic rings. The lowest BCUT2D eigenvalue weighted by molar-refractivity contribution is -0.704. The van der Waals surface area contributed by atoms with Gasteiger partial charge in [0, 0.05) is 17.2 Å². The molecule has 1 aromatic heterocycles. The van der Waals surface area contributed by atoms with Crippen LogP contribution < -0.4 is 15.6 Å². The fourth-order valence-electron chi connectivity index (χ4n) is 2.64. The molecule has 1 heterocycles. The number of rotatable bonds is 6. The number of H-pyrrole nitrogens is 1. The second kappa shape index (κ2) is 8.97. The third kappa shape index (κ3) is 4.88. The van der Waals surface area contributed by atoms with Gasteiger partial charge in [0.05, 0.1) is 16.5 Å². The number of carbonyl (C=O) groups excluding carboxylic acids is 1. The summed E-state index contributed by atoms with van der Waals surface area (Å²) >= 11 is 6.56. The smallest absolute Gasteiger partial charge is 0.325 e. The van der Waals surface area contributed by atoms with E-state index in [-0.39, 0.29) is 16.5 Å². The Morgan fingerprint density at radius 1 is 1.27 bits per heavy atom. The average molecular weight is 459 g/mol. The molecule has 0 spiro atoms. The van der Waals surface area contributed by atoms with Crippen LogP contribution in [0.15, 0.2) is 62.9 Å². The molecule has 0 bridgehead atoms. The van der Waals surface area contributed by atoms with Crippen molar-refractivity contribution in [3.05, 3.63) is 69.5 Å². The molecular weight excluding hydrogens is 443 g/mol. The minimum atomic E-state index is -4.69. The summed E-state index contributed by atoms with van der Waals surface area (Å²) in [6, 6.07) is 11.8. The summed E-state index contributed by atoms with van der Waals surface area (Å²) in [5.41, 5.74) is -1.56. The molecule has 0 aliphatic heterocycles. The van der Waals surface area contributed by atoms with Crippen molar-refractivity contribution in [2.24, 2.45) is 0 Å². The van der Waals surface area contributed by atoms with E-state index in [0.717, 1.165) is 23.9 Å². The van der Waals surface area contributed by atoms with Crippen molar-refractivity contribution in [3.63, 3.8) is 0 Å². The largest absolute Gasteiger partial charge is 0.442 e. The SMILES string of the molecule is CCC(Sc1c(=O)o[nH][n+]1-c1ccccc1)C(=O)Nc1ccc(Cl)cc1C(F)(F)F. The van der Waals surface area contributed by atoms with Gasteiger partial charge in [-0.1, -0.05) is 36.7 Å². The summed E-state index contributed by atoms with van der Waals surface area (Å²) in [5, 5.41) is 3.89. The van der Waals surface area contributed by atoms with E-state index in [9.17, 15) is 22.8 Å². The molecule has 0 aliphatic rings. The molecule has 0 saturated carbocycles. The number of nitrogens with zero attached hydrogens (tertiary/aromatic N) is 1. The molecule has 1 amide bonds. The van der Waals surface area contributed by atoms with Crippen LogP contribution in [0.2, 0.25) is 5.02 Å². The molecule has 0 saturated heterocycles. The highest BCUT2D eigenvalue weighted by molar-refractivity contribution is 8.00. The number of alkyl halides is 3. The first kappa shape index (κ1) is 22.0. The van der Waals surface area contributed by atoms with Crippen molar-refractivity contribution in [2.75, 3.05) is 5.32 Å². The lowest BCUT2D eigenvalue weighted by Crippen LogP contribution is -2.37. The van der Waals surface area contributed by atoms with Gasteiger partial charge in [-0.3, -0.25) is 9.32 Å². The van der Waals surface area contributed by atoms with Crippen molar-refractivity contribution >= 4 is 35.0 Å². The Bertz CT molecular complexity index is 1100. The second-order valence-corrected chi connectivity index (χ2v) is 7.78. The van der Waals surface area contributed by atoms with Gasteiger partial charge in [-0.2, -0.15) is 13.2 Å². The summed E-state index contributed by atoms with van der Waals surface area (Å²) < 4.78 is 46.1. The molecule has 158 valence electrons. The maximum Gasteiger partial charge on any atom is 0.442 e. The summed E-state index contributed by atoms with van der Waals surface area (Å²) in [6.45, 7) is 1.69. The summed E-state index contributed by atoms with van der Waals surface area (Å²) in [7, 11) is 0. The van der Waals surface area contributed by atoms with Crippen LogP contribution in [0.25, 0.3) is 5.69 Å². The van der Waals surface area contributed by atoms with E-state index >= 15 is 0 Å². The topological polar surface area (TPSA) is 79.0 Å². The predicted octanol–water partition coefficient (Wildman–Crippen LogP) is 4.43. The number of halogens is 4. The van der Waals surface area contributed by atoms with E-state index in [1.165, 1.54) is 10.7 Å². The average Bonchev–Trinajstić information content (AvgIpc) is 3.07. The van der Waals surface area contributed by atoms with E-state index in [2.05, 4.69) is 10.6 Å². The molecule has 2 N–H and O–H groups in total. The number of carbonyl (C=O) groups is 1. The van der Waals surface area contributed by atoms with Crippen LogP contribution in [0.3, 0.4) is 0 Å². The maximum absolute atomic E-state index is 13.3. The number of benzene rings is 2. The van der Waals surface area contributed by atoms with E-state index in [1.54, 1.807) is 37.3 Å². The Kier molecular flexibility index (Phi) is 6.57. The number of para-hydroxylation sites is 1. The number of thioether (sulfide) groups is 1. The Morgan fingerprint density at radius 3 is 2.60 bits per heavy atom. The monoisotopic (exact) mass is 458 g/mol. The van der Waals surface area contributed by atoms with Crippen LogP contribution in [0.5, 0.6) is 0 Å². The minimum Gasteiger partial charge on any atom is -0.325 e. The highest BCUT2D eigenvalue weighted by Gasteiger charge is 2.35. The van der Waals surface area contributed by atoms with Crippen LogP contribution in [-0.4, -0.2) is 16.4 Å². The standard InChI is InChI=1S/C19H15ClF3N3O3S/c1-2-15(16(27)24-14-9-8-11(20)10-13(14)19(21,22)23)30-17-18(28)29-25-26(17)12-6-4-3-5-7-12/h3-10,15H,2H2,1H3,(H-,24,25,27,28)/p+1. The fourth-order valence-corrected chi connectivity index (χ4v) is 3.80. The van der Waals surface area contributed by atoms with Gasteiger partial charge in [0.1, 0.15) is 0 Å². The maximum atomic E-state index is 13.3. The lowest BCUT2D eigenvalue weighted by atomic mass is 10.1. The molecular formula is C19H16ClF3N3O3S+. The normalized spacial score (nSPS) is 12.6. The second-order valence-electron chi connectivity index (χ2n) is 6.15. The van der Waals surface area contributed by atoms with Gasteiger partial charge < -0.3 is 5.32 Å². The number of nitrogens with one attached hydrogen (secondary N) is 2. The van der Waals surface area contributed by atoms with E-state index in [4.69, 9.17) is 16.1 Å². The minimum absolute atomic E-state index is 0.0929. The number of amides is 1. The molecule has 1 unspecified atom stereocenters. The Balaban J connectivity index is 1.86.